The number of likely N-dealkylation sites (N-methyl/N-ethyl adjacent to an activating group) is 1. The molecule has 0 aliphatic carbocycles. The van der Waals surface area contributed by atoms with E-state index in [1.165, 1.54) is 7.05 Å². The molecule has 0 saturated heterocycles. The Kier molecular flexibility index (Phi) is 2.66. The molecule has 1 atom stereocenters. The Bertz CT molecular complexity index is 120. The quantitative estimate of drug-likeness (QED) is 0.393. The molecule has 0 radical (unpaired) electrons. The van der Waals surface area contributed by atoms with Crippen molar-refractivity contribution in [2.24, 2.45) is 5.73 Å². The van der Waals surface area contributed by atoms with E-state index in [1.54, 1.807) is 0 Å². The van der Waals surface area contributed by atoms with Crippen molar-refractivity contribution in [2.45, 2.75) is 6.04 Å². The number of carboxylic acid groups (broad SMARTS) is 1. The van der Waals surface area contributed by atoms with Gasteiger partial charge in [-0.1, -0.05) is 0 Å². The molecule has 0 aliphatic rings. The van der Waals surface area contributed by atoms with Crippen LogP contribution in [0.4, 0.5) is 0 Å². The first-order valence-corrected chi connectivity index (χ1v) is 2.29. The van der Waals surface area contributed by atoms with Gasteiger partial charge in [-0.3, -0.25) is 10.1 Å². The fourth-order valence-electron chi connectivity index (χ4n) is 0.387. The average Bonchev–Trinajstić information content (AvgIpc) is 1.64. The summed E-state index contributed by atoms with van der Waals surface area (Å²) < 4.78 is 0. The molecular formula is C4H8N2O3. The van der Waals surface area contributed by atoms with Crippen LogP contribution in [0.15, 0.2) is 0 Å². The zero-order chi connectivity index (χ0) is 7.44. The summed E-state index contributed by atoms with van der Waals surface area (Å²) in [6.45, 7) is 0. The van der Waals surface area contributed by atoms with Crippen molar-refractivity contribution in [3.63, 3.8) is 0 Å². The van der Waals surface area contributed by atoms with Gasteiger partial charge in [-0.15, -0.1) is 0 Å². The lowest BCUT2D eigenvalue weighted by Gasteiger charge is -2.03. The Morgan fingerprint density at radius 2 is 2.11 bits per heavy atom. The Balaban J connectivity index is 3.99. The van der Waals surface area contributed by atoms with E-state index in [0.717, 1.165) is 0 Å². The van der Waals surface area contributed by atoms with Gasteiger partial charge in [-0.05, 0) is 7.05 Å². The van der Waals surface area contributed by atoms with Crippen LogP contribution < -0.4 is 11.1 Å². The van der Waals surface area contributed by atoms with Gasteiger partial charge < -0.3 is 10.8 Å². The molecule has 0 aromatic carbocycles. The number of hydrogen-bond acceptors (Lipinski definition) is 3. The number of aliphatic carboxylic acids is 1. The summed E-state index contributed by atoms with van der Waals surface area (Å²) in [6, 6.07) is -1.27. The summed E-state index contributed by atoms with van der Waals surface area (Å²) >= 11 is 0. The molecule has 4 N–H and O–H groups in total. The lowest BCUT2D eigenvalue weighted by molar-refractivity contribution is -0.142. The molecule has 1 amide bonds. The van der Waals surface area contributed by atoms with Crippen LogP contribution in [0.2, 0.25) is 0 Å². The fraction of sp³-hybridized carbons (Fsp3) is 0.500. The molecule has 0 rings (SSSR count). The minimum absolute atomic E-state index is 0.884. The number of amides is 1. The molecule has 52 valence electrons. The van der Waals surface area contributed by atoms with E-state index < -0.39 is 17.9 Å². The second kappa shape index (κ2) is 3.03. The van der Waals surface area contributed by atoms with Gasteiger partial charge in [0.1, 0.15) is 0 Å². The lowest BCUT2D eigenvalue weighted by atomic mass is 10.3. The van der Waals surface area contributed by atoms with Crippen LogP contribution in [0, 0.1) is 0 Å². The minimum atomic E-state index is -1.27. The summed E-state index contributed by atoms with van der Waals surface area (Å²) in [5.74, 6) is -2.14. The summed E-state index contributed by atoms with van der Waals surface area (Å²) in [4.78, 5) is 20.2. The maximum atomic E-state index is 10.2. The molecule has 0 heterocycles. The number of nitrogens with two attached hydrogens (primary N) is 1. The maximum absolute atomic E-state index is 10.2. The Morgan fingerprint density at radius 3 is 2.11 bits per heavy atom. The van der Waals surface area contributed by atoms with Gasteiger partial charge in [0.15, 0.2) is 6.04 Å². The van der Waals surface area contributed by atoms with Gasteiger partial charge in [-0.2, -0.15) is 0 Å². The van der Waals surface area contributed by atoms with Crippen LogP contribution in [0.3, 0.4) is 0 Å². The molecule has 0 fully saturated rings. The largest absolute Gasteiger partial charge is 0.480 e. The monoisotopic (exact) mass is 132 g/mol. The van der Waals surface area contributed by atoms with E-state index in [-0.39, 0.29) is 0 Å². The number of carboxylic acids is 1. The van der Waals surface area contributed by atoms with E-state index >= 15 is 0 Å². The first-order valence-electron chi connectivity index (χ1n) is 2.29. The van der Waals surface area contributed by atoms with Crippen molar-refractivity contribution in [1.82, 2.24) is 5.32 Å². The van der Waals surface area contributed by atoms with Crippen molar-refractivity contribution in [3.05, 3.63) is 0 Å². The highest BCUT2D eigenvalue weighted by Crippen LogP contribution is 1.77. The molecular weight excluding hydrogens is 124 g/mol. The van der Waals surface area contributed by atoms with Crippen molar-refractivity contribution < 1.29 is 14.7 Å². The van der Waals surface area contributed by atoms with Gasteiger partial charge in [0.05, 0.1) is 0 Å². The molecule has 0 unspecified atom stereocenters. The minimum Gasteiger partial charge on any atom is -0.480 e. The van der Waals surface area contributed by atoms with Gasteiger partial charge in [0.2, 0.25) is 5.91 Å². The van der Waals surface area contributed by atoms with E-state index in [9.17, 15) is 9.59 Å². The third-order valence-electron chi connectivity index (χ3n) is 0.820. The molecule has 0 aliphatic heterocycles. The fourth-order valence-corrected chi connectivity index (χ4v) is 0.387. The van der Waals surface area contributed by atoms with Crippen molar-refractivity contribution in [2.75, 3.05) is 7.05 Å². The Labute approximate surface area is 51.8 Å². The highest BCUT2D eigenvalue weighted by molar-refractivity contribution is 6.00. The summed E-state index contributed by atoms with van der Waals surface area (Å²) in [5, 5.41) is 10.4. The molecule has 0 spiro atoms. The number of hydrogen-bond donors (Lipinski definition) is 3. The average molecular weight is 132 g/mol. The van der Waals surface area contributed by atoms with E-state index in [0.29, 0.717) is 0 Å². The number of nitrogens with one attached hydrogen (secondary N) is 1. The first kappa shape index (κ1) is 7.90. The third kappa shape index (κ3) is 2.09. The summed E-state index contributed by atoms with van der Waals surface area (Å²) in [7, 11) is 1.35. The van der Waals surface area contributed by atoms with Gasteiger partial charge in [-0.25, -0.2) is 4.79 Å². The van der Waals surface area contributed by atoms with Crippen molar-refractivity contribution in [3.8, 4) is 0 Å². The zero-order valence-corrected chi connectivity index (χ0v) is 4.92. The van der Waals surface area contributed by atoms with Gasteiger partial charge in [0, 0.05) is 0 Å². The molecule has 0 aromatic heterocycles. The smallest absolute Gasteiger partial charge is 0.330 e. The Morgan fingerprint density at radius 1 is 1.67 bits per heavy atom. The number of primary amides is 1. The topological polar surface area (TPSA) is 92.4 Å². The summed E-state index contributed by atoms with van der Waals surface area (Å²) in [5.41, 5.74) is 4.67. The predicted molar refractivity (Wildman–Crippen MR) is 29.7 cm³/mol. The molecule has 5 nitrogen and oxygen atoms in total. The highest BCUT2D eigenvalue weighted by atomic mass is 16.4. The zero-order valence-electron chi connectivity index (χ0n) is 4.92. The SMILES string of the molecule is CN[C@H](C(N)=O)C(=O)O. The summed E-state index contributed by atoms with van der Waals surface area (Å²) in [6.07, 6.45) is 0. The second-order valence-electron chi connectivity index (χ2n) is 1.46. The van der Waals surface area contributed by atoms with Crippen molar-refractivity contribution >= 4 is 11.9 Å². The highest BCUT2D eigenvalue weighted by Gasteiger charge is 2.20. The number of rotatable bonds is 3. The third-order valence-corrected chi connectivity index (χ3v) is 0.820. The van der Waals surface area contributed by atoms with Crippen molar-refractivity contribution in [1.29, 1.82) is 0 Å². The standard InChI is InChI=1S/C4H8N2O3/c1-6-2(3(5)7)4(8)9/h2,6H,1H3,(H2,5,7)(H,8,9)/t2-/m1/s1. The van der Waals surface area contributed by atoms with Crippen LogP contribution in [0.5, 0.6) is 0 Å². The van der Waals surface area contributed by atoms with Crippen LogP contribution in [-0.2, 0) is 9.59 Å². The van der Waals surface area contributed by atoms with Crippen LogP contribution >= 0.6 is 0 Å². The van der Waals surface area contributed by atoms with Crippen LogP contribution in [-0.4, -0.2) is 30.1 Å². The first-order chi connectivity index (χ1) is 4.09. The molecule has 9 heavy (non-hydrogen) atoms. The molecule has 0 bridgehead atoms. The van der Waals surface area contributed by atoms with E-state index in [4.69, 9.17) is 5.11 Å². The Hall–Kier alpha value is -1.10. The number of carbonyl (C=O) groups is 2. The van der Waals surface area contributed by atoms with E-state index in [1.807, 2.05) is 0 Å². The van der Waals surface area contributed by atoms with E-state index in [2.05, 4.69) is 11.1 Å². The van der Waals surface area contributed by atoms with Gasteiger partial charge in [0.25, 0.3) is 0 Å². The molecule has 0 aromatic rings. The lowest BCUT2D eigenvalue weighted by Crippen LogP contribution is -2.45. The predicted octanol–water partition coefficient (Wildman–Crippen LogP) is -1.86. The normalized spacial score (nSPS) is 12.6. The molecule has 0 saturated carbocycles. The number of carbonyl (C=O) groups excluding carboxylic acids is 1. The van der Waals surface area contributed by atoms with Crippen LogP contribution in [0.25, 0.3) is 0 Å². The molecule has 5 heteroatoms. The second-order valence-corrected chi connectivity index (χ2v) is 1.46. The van der Waals surface area contributed by atoms with Crippen LogP contribution in [0.1, 0.15) is 0 Å². The van der Waals surface area contributed by atoms with Gasteiger partial charge >= 0.3 is 5.97 Å². The maximum Gasteiger partial charge on any atom is 0.330 e.